The molecule has 4 nitrogen and oxygen atoms in total. The molecule has 0 unspecified atom stereocenters. The van der Waals surface area contributed by atoms with Gasteiger partial charge in [-0.25, -0.2) is 0 Å². The zero-order valence-electron chi connectivity index (χ0n) is 7.73. The number of carbonyl (C=O) groups is 1. The molecule has 0 heterocycles. The highest BCUT2D eigenvalue weighted by Gasteiger charge is 2.35. The molecule has 0 saturated carbocycles. The Bertz CT molecular complexity index is 391. The maximum absolute atomic E-state index is 12.5. The van der Waals surface area contributed by atoms with Crippen LogP contribution < -0.4 is 4.65 Å². The fraction of sp³-hybridized carbons (Fsp3) is 0.125. The average Bonchev–Trinajstić information content (AvgIpc) is 2.15. The lowest BCUT2D eigenvalue weighted by Crippen LogP contribution is -2.22. The van der Waals surface area contributed by atoms with Gasteiger partial charge in [-0.2, -0.15) is 13.2 Å². The maximum atomic E-state index is 12.5. The van der Waals surface area contributed by atoms with Gasteiger partial charge in [0.05, 0.1) is 5.56 Å². The van der Waals surface area contributed by atoms with Gasteiger partial charge in [-0.3, -0.25) is 4.79 Å². The van der Waals surface area contributed by atoms with Gasteiger partial charge in [0.15, 0.2) is 0 Å². The zero-order chi connectivity index (χ0) is 12.3. The minimum atomic E-state index is -4.75. The van der Waals surface area contributed by atoms with Crippen LogP contribution in [0.25, 0.3) is 0 Å². The minimum Gasteiger partial charge on any atom is -0.511 e. The van der Waals surface area contributed by atoms with E-state index in [1.165, 1.54) is 0 Å². The Labute approximate surface area is 88.4 Å². The van der Waals surface area contributed by atoms with Crippen LogP contribution >= 0.6 is 0 Å². The monoisotopic (exact) mass is 234 g/mol. The summed E-state index contributed by atoms with van der Waals surface area (Å²) >= 11 is 0. The molecule has 16 heavy (non-hydrogen) atoms. The van der Waals surface area contributed by atoms with Crippen LogP contribution in [0.4, 0.5) is 13.2 Å². The fourth-order valence-corrected chi connectivity index (χ4v) is 1.06. The molecule has 2 N–H and O–H groups in total. The molecule has 1 rings (SSSR count). The van der Waals surface area contributed by atoms with Crippen molar-refractivity contribution in [2.45, 2.75) is 6.18 Å². The Morgan fingerprint density at radius 2 is 1.94 bits per heavy atom. The van der Waals surface area contributed by atoms with Crippen molar-refractivity contribution >= 4 is 13.6 Å². The van der Waals surface area contributed by atoms with Crippen LogP contribution in [0, 0.1) is 0 Å². The highest BCUT2D eigenvalue weighted by molar-refractivity contribution is 6.33. The van der Waals surface area contributed by atoms with Gasteiger partial charge >= 0.3 is 13.5 Å². The third-order valence-electron chi connectivity index (χ3n) is 1.68. The molecule has 0 bridgehead atoms. The second-order valence-electron chi connectivity index (χ2n) is 2.82. The van der Waals surface area contributed by atoms with Crippen LogP contribution in [0.2, 0.25) is 0 Å². The van der Waals surface area contributed by atoms with Gasteiger partial charge in [-0.15, -0.1) is 0 Å². The number of benzene rings is 1. The van der Waals surface area contributed by atoms with Crippen LogP contribution in [0.15, 0.2) is 18.2 Å². The Hall–Kier alpha value is -1.54. The molecule has 0 aliphatic rings. The van der Waals surface area contributed by atoms with Crippen molar-refractivity contribution in [3.8, 4) is 5.75 Å². The minimum absolute atomic E-state index is 0.188. The third-order valence-corrected chi connectivity index (χ3v) is 1.68. The standard InChI is InChI=1S/C8H6BF3O4/c10-8(11,12)6-3-5(4-13)1-2-7(6)16-9(14)15/h1-4,14-15H. The summed E-state index contributed by atoms with van der Waals surface area (Å²) in [5.74, 6) is -0.756. The van der Waals surface area contributed by atoms with Crippen molar-refractivity contribution in [1.29, 1.82) is 0 Å². The Balaban J connectivity index is 3.22. The van der Waals surface area contributed by atoms with Crippen molar-refractivity contribution in [1.82, 2.24) is 0 Å². The van der Waals surface area contributed by atoms with E-state index in [4.69, 9.17) is 10.0 Å². The van der Waals surface area contributed by atoms with Gasteiger partial charge in [0.25, 0.3) is 0 Å². The summed E-state index contributed by atoms with van der Waals surface area (Å²) in [6.45, 7) is 0. The van der Waals surface area contributed by atoms with Crippen molar-refractivity contribution in [2.75, 3.05) is 0 Å². The van der Waals surface area contributed by atoms with E-state index >= 15 is 0 Å². The number of carbonyl (C=O) groups excluding carboxylic acids is 1. The second-order valence-corrected chi connectivity index (χ2v) is 2.82. The molecule has 0 atom stereocenters. The van der Waals surface area contributed by atoms with E-state index in [0.29, 0.717) is 6.07 Å². The highest BCUT2D eigenvalue weighted by atomic mass is 19.4. The lowest BCUT2D eigenvalue weighted by molar-refractivity contribution is -0.138. The first-order chi connectivity index (χ1) is 7.34. The normalized spacial score (nSPS) is 11.1. The molecule has 0 aliphatic heterocycles. The largest absolute Gasteiger partial charge is 0.707 e. The van der Waals surface area contributed by atoms with Gasteiger partial charge in [0.2, 0.25) is 0 Å². The first-order valence-electron chi connectivity index (χ1n) is 4.04. The lowest BCUT2D eigenvalue weighted by atomic mass is 10.1. The molecule has 0 amide bonds. The Morgan fingerprint density at radius 1 is 1.31 bits per heavy atom. The van der Waals surface area contributed by atoms with Gasteiger partial charge in [0.1, 0.15) is 12.0 Å². The topological polar surface area (TPSA) is 66.8 Å². The zero-order valence-corrected chi connectivity index (χ0v) is 7.73. The highest BCUT2D eigenvalue weighted by Crippen LogP contribution is 2.36. The molecule has 1 aromatic carbocycles. The summed E-state index contributed by atoms with van der Waals surface area (Å²) in [6.07, 6.45) is -4.50. The molecule has 1 aromatic rings. The van der Waals surface area contributed by atoms with Crippen LogP contribution in [-0.4, -0.2) is 23.7 Å². The summed E-state index contributed by atoms with van der Waals surface area (Å²) in [4.78, 5) is 10.3. The molecule has 0 fully saturated rings. The maximum Gasteiger partial charge on any atom is 0.707 e. The first-order valence-corrected chi connectivity index (χ1v) is 4.04. The van der Waals surface area contributed by atoms with E-state index in [0.717, 1.165) is 12.1 Å². The molecule has 8 heteroatoms. The predicted molar refractivity (Wildman–Crippen MR) is 47.7 cm³/mol. The van der Waals surface area contributed by atoms with E-state index < -0.39 is 24.8 Å². The number of hydrogen-bond acceptors (Lipinski definition) is 4. The summed E-state index contributed by atoms with van der Waals surface area (Å²) in [5.41, 5.74) is -1.43. The van der Waals surface area contributed by atoms with Crippen LogP contribution in [0.5, 0.6) is 5.75 Å². The predicted octanol–water partition coefficient (Wildman–Crippen LogP) is 0.866. The Kier molecular flexibility index (Phi) is 3.56. The van der Waals surface area contributed by atoms with Crippen molar-refractivity contribution < 1.29 is 32.7 Å². The molecular weight excluding hydrogens is 228 g/mol. The smallest absolute Gasteiger partial charge is 0.511 e. The number of halogens is 3. The van der Waals surface area contributed by atoms with E-state index in [1.807, 2.05) is 0 Å². The number of hydrogen-bond donors (Lipinski definition) is 2. The SMILES string of the molecule is O=Cc1ccc(OB(O)O)c(C(F)(F)F)c1. The average molecular weight is 234 g/mol. The number of aldehydes is 1. The fourth-order valence-electron chi connectivity index (χ4n) is 1.06. The molecule has 0 spiro atoms. The van der Waals surface area contributed by atoms with Gasteiger partial charge in [-0.05, 0) is 18.2 Å². The molecular formula is C8H6BF3O4. The van der Waals surface area contributed by atoms with E-state index in [9.17, 15) is 18.0 Å². The van der Waals surface area contributed by atoms with Gasteiger partial charge in [-0.1, -0.05) is 0 Å². The molecule has 0 radical (unpaired) electrons. The molecule has 86 valence electrons. The summed E-state index contributed by atoms with van der Waals surface area (Å²) in [7, 11) is -2.36. The quantitative estimate of drug-likeness (QED) is 0.601. The third kappa shape index (κ3) is 2.98. The number of rotatable bonds is 3. The molecule has 0 saturated heterocycles. The van der Waals surface area contributed by atoms with Gasteiger partial charge in [0, 0.05) is 5.56 Å². The molecule has 0 aliphatic carbocycles. The van der Waals surface area contributed by atoms with E-state index in [2.05, 4.69) is 4.65 Å². The number of alkyl halides is 3. The summed E-state index contributed by atoms with van der Waals surface area (Å²) in [5, 5.41) is 16.8. The first kappa shape index (κ1) is 12.5. The Morgan fingerprint density at radius 3 is 2.38 bits per heavy atom. The second kappa shape index (κ2) is 4.54. The van der Waals surface area contributed by atoms with Crippen LogP contribution in [0.1, 0.15) is 15.9 Å². The van der Waals surface area contributed by atoms with Crippen molar-refractivity contribution in [3.63, 3.8) is 0 Å². The lowest BCUT2D eigenvalue weighted by Gasteiger charge is -2.13. The van der Waals surface area contributed by atoms with Gasteiger partial charge < -0.3 is 14.7 Å². The summed E-state index contributed by atoms with van der Waals surface area (Å²) < 4.78 is 41.5. The summed E-state index contributed by atoms with van der Waals surface area (Å²) in [6, 6.07) is 2.47. The van der Waals surface area contributed by atoms with Crippen molar-refractivity contribution in [3.05, 3.63) is 29.3 Å². The van der Waals surface area contributed by atoms with Crippen LogP contribution in [-0.2, 0) is 6.18 Å². The van der Waals surface area contributed by atoms with E-state index in [1.54, 1.807) is 0 Å². The van der Waals surface area contributed by atoms with E-state index in [-0.39, 0.29) is 11.8 Å². The molecule has 0 aromatic heterocycles. The van der Waals surface area contributed by atoms with Crippen LogP contribution in [0.3, 0.4) is 0 Å². The van der Waals surface area contributed by atoms with Crippen molar-refractivity contribution in [2.24, 2.45) is 0 Å².